The number of nitrogens with zero attached hydrogens (tertiary/aromatic N) is 2. The number of carbonyl (C=O) groups is 1. The number of ether oxygens (including phenoxy) is 1. The quantitative estimate of drug-likeness (QED) is 0.452. The molecule has 0 radical (unpaired) electrons. The van der Waals surface area contributed by atoms with Gasteiger partial charge in [0.25, 0.3) is 0 Å². The summed E-state index contributed by atoms with van der Waals surface area (Å²) in [5.74, 6) is 2.39. The standard InChI is InChI=1S/C23H28N4O2S/c1-15(2)17-9-11-18(12-10-17)29-13-21-25-23(27-26-21)30-14-22(28)24-20-8-6-5-7-19(20)16(3)4/h5-12,15-16H,13-14H2,1-4H3,(H,24,28)(H,25,26,27). The van der Waals surface area contributed by atoms with Crippen molar-refractivity contribution in [3.05, 3.63) is 65.5 Å². The van der Waals surface area contributed by atoms with Gasteiger partial charge in [0.05, 0.1) is 5.75 Å². The Hall–Kier alpha value is -2.80. The number of nitrogens with one attached hydrogen (secondary N) is 2. The molecule has 0 bridgehead atoms. The first-order valence-corrected chi connectivity index (χ1v) is 11.1. The molecule has 2 N–H and O–H groups in total. The molecule has 3 rings (SSSR count). The maximum atomic E-state index is 12.3. The molecule has 0 aliphatic carbocycles. The molecule has 30 heavy (non-hydrogen) atoms. The number of carbonyl (C=O) groups excluding carboxylic acids is 1. The second kappa shape index (κ2) is 10.3. The SMILES string of the molecule is CC(C)c1ccc(OCc2nc(SCC(=O)Nc3ccccc3C(C)C)n[nH]2)cc1. The Bertz CT molecular complexity index is 967. The number of aromatic nitrogens is 3. The second-order valence-corrected chi connectivity index (χ2v) is 8.60. The van der Waals surface area contributed by atoms with Gasteiger partial charge in [0.15, 0.2) is 5.82 Å². The number of thioether (sulfide) groups is 1. The van der Waals surface area contributed by atoms with E-state index in [2.05, 4.69) is 60.3 Å². The highest BCUT2D eigenvalue weighted by atomic mass is 32.2. The van der Waals surface area contributed by atoms with Gasteiger partial charge in [0.2, 0.25) is 11.1 Å². The molecular weight excluding hydrogens is 396 g/mol. The third-order valence-electron chi connectivity index (χ3n) is 4.62. The number of H-pyrrole nitrogens is 1. The Morgan fingerprint density at radius 3 is 2.50 bits per heavy atom. The number of rotatable bonds is 9. The molecule has 6 nitrogen and oxygen atoms in total. The predicted molar refractivity (Wildman–Crippen MR) is 121 cm³/mol. The van der Waals surface area contributed by atoms with Crippen LogP contribution >= 0.6 is 11.8 Å². The van der Waals surface area contributed by atoms with E-state index in [9.17, 15) is 4.79 Å². The lowest BCUT2D eigenvalue weighted by Crippen LogP contribution is -2.15. The van der Waals surface area contributed by atoms with Gasteiger partial charge < -0.3 is 10.1 Å². The Morgan fingerprint density at radius 1 is 1.07 bits per heavy atom. The van der Waals surface area contributed by atoms with Gasteiger partial charge in [-0.2, -0.15) is 0 Å². The number of amides is 1. The van der Waals surface area contributed by atoms with Crippen LogP contribution in [0.4, 0.5) is 5.69 Å². The van der Waals surface area contributed by atoms with Crippen LogP contribution in [0.2, 0.25) is 0 Å². The first-order valence-electron chi connectivity index (χ1n) is 10.1. The van der Waals surface area contributed by atoms with Gasteiger partial charge in [0, 0.05) is 5.69 Å². The lowest BCUT2D eigenvalue weighted by Gasteiger charge is -2.13. The van der Waals surface area contributed by atoms with Crippen molar-refractivity contribution in [2.24, 2.45) is 0 Å². The average molecular weight is 425 g/mol. The van der Waals surface area contributed by atoms with Crippen LogP contribution in [0.1, 0.15) is 56.5 Å². The topological polar surface area (TPSA) is 79.9 Å². The Kier molecular flexibility index (Phi) is 7.52. The monoisotopic (exact) mass is 424 g/mol. The normalized spacial score (nSPS) is 11.1. The predicted octanol–water partition coefficient (Wildman–Crippen LogP) is 5.36. The minimum atomic E-state index is -0.0825. The van der Waals surface area contributed by atoms with E-state index in [1.54, 1.807) is 0 Å². The number of para-hydroxylation sites is 1. The second-order valence-electron chi connectivity index (χ2n) is 7.66. The summed E-state index contributed by atoms with van der Waals surface area (Å²) in [7, 11) is 0. The Labute approximate surface area is 181 Å². The van der Waals surface area contributed by atoms with Gasteiger partial charge in [0.1, 0.15) is 12.4 Å². The fraction of sp³-hybridized carbons (Fsp3) is 0.348. The van der Waals surface area contributed by atoms with Gasteiger partial charge in [-0.1, -0.05) is 69.8 Å². The number of hydrogen-bond acceptors (Lipinski definition) is 5. The first kappa shape index (κ1) is 21.9. The largest absolute Gasteiger partial charge is 0.486 e. The highest BCUT2D eigenvalue weighted by Gasteiger charge is 2.11. The molecule has 1 aromatic heterocycles. The van der Waals surface area contributed by atoms with Crippen molar-refractivity contribution >= 4 is 23.4 Å². The zero-order valence-electron chi connectivity index (χ0n) is 17.8. The van der Waals surface area contributed by atoms with Crippen LogP contribution in [-0.2, 0) is 11.4 Å². The van der Waals surface area contributed by atoms with Crippen molar-refractivity contribution in [1.82, 2.24) is 15.2 Å². The van der Waals surface area contributed by atoms with Gasteiger partial charge in [-0.25, -0.2) is 4.98 Å². The summed E-state index contributed by atoms with van der Waals surface area (Å²) in [5, 5.41) is 10.5. The molecule has 2 aromatic carbocycles. The van der Waals surface area contributed by atoms with Crippen LogP contribution in [0.5, 0.6) is 5.75 Å². The third-order valence-corrected chi connectivity index (χ3v) is 5.47. The van der Waals surface area contributed by atoms with Gasteiger partial charge in [-0.3, -0.25) is 9.89 Å². The summed E-state index contributed by atoms with van der Waals surface area (Å²) in [6.07, 6.45) is 0. The highest BCUT2D eigenvalue weighted by Crippen LogP contribution is 2.24. The van der Waals surface area contributed by atoms with Crippen molar-refractivity contribution < 1.29 is 9.53 Å². The zero-order valence-corrected chi connectivity index (χ0v) is 18.6. The van der Waals surface area contributed by atoms with Crippen LogP contribution in [0, 0.1) is 0 Å². The molecule has 0 aliphatic rings. The van der Waals surface area contributed by atoms with Crippen molar-refractivity contribution in [2.45, 2.75) is 51.3 Å². The third kappa shape index (κ3) is 6.10. The van der Waals surface area contributed by atoms with Gasteiger partial charge >= 0.3 is 0 Å². The lowest BCUT2D eigenvalue weighted by molar-refractivity contribution is -0.113. The molecule has 3 aromatic rings. The summed E-state index contributed by atoms with van der Waals surface area (Å²) in [5.41, 5.74) is 3.25. The molecule has 0 fully saturated rings. The van der Waals surface area contributed by atoms with Crippen LogP contribution in [0.3, 0.4) is 0 Å². The van der Waals surface area contributed by atoms with E-state index in [1.165, 1.54) is 17.3 Å². The number of hydrogen-bond donors (Lipinski definition) is 2. The lowest BCUT2D eigenvalue weighted by atomic mass is 10.0. The molecule has 158 valence electrons. The summed E-state index contributed by atoms with van der Waals surface area (Å²) >= 11 is 1.29. The number of aromatic amines is 1. The highest BCUT2D eigenvalue weighted by molar-refractivity contribution is 7.99. The summed E-state index contributed by atoms with van der Waals surface area (Å²) in [6.45, 7) is 8.83. The van der Waals surface area contributed by atoms with Crippen molar-refractivity contribution in [2.75, 3.05) is 11.1 Å². The minimum Gasteiger partial charge on any atom is -0.486 e. The van der Waals surface area contributed by atoms with Gasteiger partial charge in [-0.05, 0) is 41.2 Å². The maximum absolute atomic E-state index is 12.3. The summed E-state index contributed by atoms with van der Waals surface area (Å²) in [4.78, 5) is 16.7. The fourth-order valence-corrected chi connectivity index (χ4v) is 3.56. The molecule has 0 spiro atoms. The first-order chi connectivity index (χ1) is 14.4. The number of anilines is 1. The van der Waals surface area contributed by atoms with E-state index in [4.69, 9.17) is 4.74 Å². The van der Waals surface area contributed by atoms with E-state index in [1.807, 2.05) is 36.4 Å². The van der Waals surface area contributed by atoms with Crippen LogP contribution in [-0.4, -0.2) is 26.8 Å². The molecule has 0 saturated heterocycles. The molecule has 0 saturated carbocycles. The summed E-state index contributed by atoms with van der Waals surface area (Å²) in [6, 6.07) is 15.9. The summed E-state index contributed by atoms with van der Waals surface area (Å²) < 4.78 is 5.76. The molecular formula is C23H28N4O2S. The van der Waals surface area contributed by atoms with E-state index in [0.717, 1.165) is 17.0 Å². The Morgan fingerprint density at radius 2 is 1.80 bits per heavy atom. The molecule has 0 atom stereocenters. The molecule has 7 heteroatoms. The smallest absolute Gasteiger partial charge is 0.234 e. The van der Waals surface area contributed by atoms with E-state index < -0.39 is 0 Å². The van der Waals surface area contributed by atoms with Crippen LogP contribution in [0.25, 0.3) is 0 Å². The molecule has 1 heterocycles. The molecule has 0 unspecified atom stereocenters. The fourth-order valence-electron chi connectivity index (χ4n) is 2.94. The zero-order chi connectivity index (χ0) is 21.5. The van der Waals surface area contributed by atoms with Crippen LogP contribution < -0.4 is 10.1 Å². The minimum absolute atomic E-state index is 0.0825. The van der Waals surface area contributed by atoms with Crippen LogP contribution in [0.15, 0.2) is 53.7 Å². The van der Waals surface area contributed by atoms with Crippen molar-refractivity contribution in [3.63, 3.8) is 0 Å². The number of benzene rings is 2. The Balaban J connectivity index is 1.48. The van der Waals surface area contributed by atoms with Crippen molar-refractivity contribution in [1.29, 1.82) is 0 Å². The van der Waals surface area contributed by atoms with E-state index >= 15 is 0 Å². The van der Waals surface area contributed by atoms with E-state index in [0.29, 0.717) is 29.4 Å². The molecule has 1 amide bonds. The maximum Gasteiger partial charge on any atom is 0.234 e. The van der Waals surface area contributed by atoms with E-state index in [-0.39, 0.29) is 11.7 Å². The van der Waals surface area contributed by atoms with Gasteiger partial charge in [-0.15, -0.1) is 5.10 Å². The average Bonchev–Trinajstić information content (AvgIpc) is 3.19. The van der Waals surface area contributed by atoms with Crippen molar-refractivity contribution in [3.8, 4) is 5.75 Å². The molecule has 0 aliphatic heterocycles.